The SMILES string of the molecule is CCCOC1CCCN(CC2(CN)CCC(C)CC2)C1. The molecule has 0 aromatic carbocycles. The van der Waals surface area contributed by atoms with Crippen LogP contribution in [0.3, 0.4) is 0 Å². The number of piperidine rings is 1. The van der Waals surface area contributed by atoms with Crippen LogP contribution in [0.15, 0.2) is 0 Å². The second kappa shape index (κ2) is 7.77. The van der Waals surface area contributed by atoms with Crippen molar-refractivity contribution in [2.75, 3.05) is 32.8 Å². The second-order valence-electron chi connectivity index (χ2n) is 7.26. The fourth-order valence-electron chi connectivity index (χ4n) is 3.85. The van der Waals surface area contributed by atoms with Gasteiger partial charge < -0.3 is 15.4 Å². The largest absolute Gasteiger partial charge is 0.377 e. The van der Waals surface area contributed by atoms with Gasteiger partial charge in [0.05, 0.1) is 6.10 Å². The molecule has 1 heterocycles. The molecule has 2 aliphatic rings. The fourth-order valence-corrected chi connectivity index (χ4v) is 3.85. The van der Waals surface area contributed by atoms with Gasteiger partial charge in [0.2, 0.25) is 0 Å². The van der Waals surface area contributed by atoms with E-state index in [-0.39, 0.29) is 0 Å². The first-order chi connectivity index (χ1) is 9.67. The molecule has 1 unspecified atom stereocenters. The molecule has 0 bridgehead atoms. The average Bonchev–Trinajstić information content (AvgIpc) is 2.48. The maximum atomic E-state index is 6.16. The smallest absolute Gasteiger partial charge is 0.0702 e. The predicted molar refractivity (Wildman–Crippen MR) is 84.8 cm³/mol. The molecule has 0 radical (unpaired) electrons. The maximum absolute atomic E-state index is 6.16. The zero-order valence-electron chi connectivity index (χ0n) is 13.6. The molecular formula is C17H34N2O. The van der Waals surface area contributed by atoms with Crippen LogP contribution in [0.4, 0.5) is 0 Å². The van der Waals surface area contributed by atoms with E-state index >= 15 is 0 Å². The molecule has 1 aliphatic heterocycles. The van der Waals surface area contributed by atoms with E-state index in [1.807, 2.05) is 0 Å². The van der Waals surface area contributed by atoms with Crippen LogP contribution >= 0.6 is 0 Å². The summed E-state index contributed by atoms with van der Waals surface area (Å²) < 4.78 is 5.96. The Morgan fingerprint density at radius 2 is 2.00 bits per heavy atom. The summed E-state index contributed by atoms with van der Waals surface area (Å²) >= 11 is 0. The highest BCUT2D eigenvalue weighted by Gasteiger charge is 2.35. The number of rotatable bonds is 6. The van der Waals surface area contributed by atoms with Crippen LogP contribution < -0.4 is 5.73 Å². The molecule has 1 atom stereocenters. The van der Waals surface area contributed by atoms with E-state index in [1.54, 1.807) is 0 Å². The van der Waals surface area contributed by atoms with Crippen molar-refractivity contribution < 1.29 is 4.74 Å². The summed E-state index contributed by atoms with van der Waals surface area (Å²) in [5.41, 5.74) is 6.55. The molecule has 0 aromatic heterocycles. The third-order valence-electron chi connectivity index (χ3n) is 5.35. The van der Waals surface area contributed by atoms with Gasteiger partial charge in [-0.25, -0.2) is 0 Å². The molecule has 1 saturated heterocycles. The highest BCUT2D eigenvalue weighted by Crippen LogP contribution is 2.39. The minimum Gasteiger partial charge on any atom is -0.377 e. The van der Waals surface area contributed by atoms with Crippen molar-refractivity contribution in [1.82, 2.24) is 4.90 Å². The lowest BCUT2D eigenvalue weighted by Crippen LogP contribution is -2.49. The number of hydrogen-bond donors (Lipinski definition) is 1. The molecule has 1 saturated carbocycles. The molecule has 3 heteroatoms. The van der Waals surface area contributed by atoms with Gasteiger partial charge in [0.15, 0.2) is 0 Å². The van der Waals surface area contributed by atoms with Crippen molar-refractivity contribution >= 4 is 0 Å². The Balaban J connectivity index is 1.84. The first kappa shape index (κ1) is 16.3. The minimum absolute atomic E-state index is 0.388. The Morgan fingerprint density at radius 3 is 2.65 bits per heavy atom. The quantitative estimate of drug-likeness (QED) is 0.814. The Bertz CT molecular complexity index is 274. The normalized spacial score (nSPS) is 36.1. The van der Waals surface area contributed by atoms with E-state index in [4.69, 9.17) is 10.5 Å². The second-order valence-corrected chi connectivity index (χ2v) is 7.26. The molecule has 0 aromatic rings. The highest BCUT2D eigenvalue weighted by atomic mass is 16.5. The van der Waals surface area contributed by atoms with Crippen molar-refractivity contribution in [3.05, 3.63) is 0 Å². The summed E-state index contributed by atoms with van der Waals surface area (Å²) in [5, 5.41) is 0. The monoisotopic (exact) mass is 282 g/mol. The number of ether oxygens (including phenoxy) is 1. The summed E-state index contributed by atoms with van der Waals surface area (Å²) in [6.07, 6.45) is 9.47. The Kier molecular flexibility index (Phi) is 6.31. The van der Waals surface area contributed by atoms with Gasteiger partial charge in [0, 0.05) is 19.7 Å². The predicted octanol–water partition coefficient (Wildman–Crippen LogP) is 3.03. The number of nitrogens with two attached hydrogens (primary N) is 1. The average molecular weight is 282 g/mol. The van der Waals surface area contributed by atoms with Gasteiger partial charge >= 0.3 is 0 Å². The van der Waals surface area contributed by atoms with Crippen LogP contribution in [0, 0.1) is 11.3 Å². The van der Waals surface area contributed by atoms with Crippen molar-refractivity contribution in [3.8, 4) is 0 Å². The summed E-state index contributed by atoms with van der Waals surface area (Å²) in [5.74, 6) is 0.900. The summed E-state index contributed by atoms with van der Waals surface area (Å²) in [6.45, 7) is 9.90. The molecule has 2 rings (SSSR count). The van der Waals surface area contributed by atoms with Crippen molar-refractivity contribution in [3.63, 3.8) is 0 Å². The van der Waals surface area contributed by atoms with Crippen LogP contribution in [0.5, 0.6) is 0 Å². The Morgan fingerprint density at radius 1 is 1.25 bits per heavy atom. The summed E-state index contributed by atoms with van der Waals surface area (Å²) in [4.78, 5) is 2.63. The van der Waals surface area contributed by atoms with Gasteiger partial charge in [-0.3, -0.25) is 0 Å². The molecule has 2 fully saturated rings. The molecule has 20 heavy (non-hydrogen) atoms. The van der Waals surface area contributed by atoms with Crippen LogP contribution in [-0.4, -0.2) is 43.8 Å². The van der Waals surface area contributed by atoms with Gasteiger partial charge in [-0.15, -0.1) is 0 Å². The Labute approximate surface area is 125 Å². The van der Waals surface area contributed by atoms with Crippen molar-refractivity contribution in [2.24, 2.45) is 17.1 Å². The standard InChI is InChI=1S/C17H34N2O/c1-3-11-20-16-5-4-10-19(12-16)14-17(13-18)8-6-15(2)7-9-17/h15-16H,3-14,18H2,1-2H3. The maximum Gasteiger partial charge on any atom is 0.0702 e. The fraction of sp³-hybridized carbons (Fsp3) is 1.00. The topological polar surface area (TPSA) is 38.5 Å². The van der Waals surface area contributed by atoms with E-state index in [1.165, 1.54) is 51.6 Å². The third-order valence-corrected chi connectivity index (χ3v) is 5.35. The van der Waals surface area contributed by atoms with Gasteiger partial charge in [-0.1, -0.05) is 26.7 Å². The van der Waals surface area contributed by atoms with E-state index in [2.05, 4.69) is 18.7 Å². The summed E-state index contributed by atoms with van der Waals surface area (Å²) in [7, 11) is 0. The van der Waals surface area contributed by atoms with Gasteiger partial charge in [-0.05, 0) is 56.5 Å². The Hall–Kier alpha value is -0.120. The van der Waals surface area contributed by atoms with E-state index < -0.39 is 0 Å². The molecular weight excluding hydrogens is 248 g/mol. The molecule has 0 amide bonds. The number of nitrogens with zero attached hydrogens (tertiary/aromatic N) is 1. The lowest BCUT2D eigenvalue weighted by molar-refractivity contribution is -0.0168. The zero-order valence-corrected chi connectivity index (χ0v) is 13.6. The molecule has 118 valence electrons. The van der Waals surface area contributed by atoms with Crippen molar-refractivity contribution in [1.29, 1.82) is 0 Å². The molecule has 3 nitrogen and oxygen atoms in total. The highest BCUT2D eigenvalue weighted by molar-refractivity contribution is 4.89. The number of hydrogen-bond acceptors (Lipinski definition) is 3. The van der Waals surface area contributed by atoms with E-state index in [9.17, 15) is 0 Å². The van der Waals surface area contributed by atoms with Crippen LogP contribution in [0.1, 0.15) is 58.8 Å². The van der Waals surface area contributed by atoms with Crippen LogP contribution in [-0.2, 0) is 4.74 Å². The zero-order chi connectivity index (χ0) is 14.4. The molecule has 2 N–H and O–H groups in total. The van der Waals surface area contributed by atoms with Gasteiger partial charge in [-0.2, -0.15) is 0 Å². The lowest BCUT2D eigenvalue weighted by atomic mass is 9.70. The van der Waals surface area contributed by atoms with Crippen molar-refractivity contribution in [2.45, 2.75) is 64.9 Å². The third kappa shape index (κ3) is 4.44. The summed E-state index contributed by atoms with van der Waals surface area (Å²) in [6, 6.07) is 0. The van der Waals surface area contributed by atoms with E-state index in [0.29, 0.717) is 11.5 Å². The molecule has 0 spiro atoms. The lowest BCUT2D eigenvalue weighted by Gasteiger charge is -2.44. The first-order valence-corrected chi connectivity index (χ1v) is 8.71. The first-order valence-electron chi connectivity index (χ1n) is 8.71. The van der Waals surface area contributed by atoms with Gasteiger partial charge in [0.1, 0.15) is 0 Å². The van der Waals surface area contributed by atoms with Crippen LogP contribution in [0.25, 0.3) is 0 Å². The van der Waals surface area contributed by atoms with E-state index in [0.717, 1.165) is 32.0 Å². The van der Waals surface area contributed by atoms with Gasteiger partial charge in [0.25, 0.3) is 0 Å². The van der Waals surface area contributed by atoms with Crippen LogP contribution in [0.2, 0.25) is 0 Å². The minimum atomic E-state index is 0.388. The number of likely N-dealkylation sites (tertiary alicyclic amines) is 1. The molecule has 1 aliphatic carbocycles.